The zero-order chi connectivity index (χ0) is 14.0. The minimum absolute atomic E-state index is 0.144. The molecule has 0 aromatic heterocycles. The monoisotopic (exact) mass is 281 g/mol. The summed E-state index contributed by atoms with van der Waals surface area (Å²) in [6.07, 6.45) is 0. The molecule has 0 atom stereocenters. The predicted molar refractivity (Wildman–Crippen MR) is 62.8 cm³/mol. The third kappa shape index (κ3) is 3.79. The molecule has 0 unspecified atom stereocenters. The predicted octanol–water partition coefficient (Wildman–Crippen LogP) is -0.0443. The van der Waals surface area contributed by atoms with Gasteiger partial charge >= 0.3 is 0 Å². The van der Waals surface area contributed by atoms with Gasteiger partial charge in [0.15, 0.2) is 0 Å². The van der Waals surface area contributed by atoms with E-state index < -0.39 is 29.1 Å². The molecule has 102 valence electrons. The Hall–Kier alpha value is -1.45. The van der Waals surface area contributed by atoms with E-state index in [0.29, 0.717) is 0 Å². The van der Waals surface area contributed by atoms with E-state index in [2.05, 4.69) is 5.32 Å². The molecule has 0 aliphatic heterocycles. The number of alkyl halides is 2. The number of aliphatic hydroxyl groups is 1. The second-order valence-corrected chi connectivity index (χ2v) is 5.20. The lowest BCUT2D eigenvalue weighted by molar-refractivity contribution is -0.0372. The Morgan fingerprint density at radius 2 is 2.00 bits per heavy atom. The highest BCUT2D eigenvalue weighted by molar-refractivity contribution is 7.89. The highest BCUT2D eigenvalue weighted by atomic mass is 32.2. The number of aliphatic hydroxyl groups excluding tert-OH is 1. The molecule has 0 spiro atoms. The number of nitrogens with two attached hydrogens (primary N) is 2. The number of sulfonamides is 1. The van der Waals surface area contributed by atoms with E-state index in [4.69, 9.17) is 16.0 Å². The highest BCUT2D eigenvalue weighted by Gasteiger charge is 2.27. The van der Waals surface area contributed by atoms with Crippen LogP contribution in [-0.4, -0.2) is 32.6 Å². The number of benzene rings is 1. The maximum Gasteiger partial charge on any atom is 0.287 e. The summed E-state index contributed by atoms with van der Waals surface area (Å²) in [6, 6.07) is 3.54. The summed E-state index contributed by atoms with van der Waals surface area (Å²) in [7, 11) is -3.94. The van der Waals surface area contributed by atoms with Gasteiger partial charge in [-0.05, 0) is 18.2 Å². The Labute approximate surface area is 103 Å². The first-order valence-electron chi connectivity index (χ1n) is 4.80. The Morgan fingerprint density at radius 1 is 1.39 bits per heavy atom. The lowest BCUT2D eigenvalue weighted by Gasteiger charge is -2.15. The minimum Gasteiger partial charge on any atom is -0.398 e. The van der Waals surface area contributed by atoms with Crippen LogP contribution in [-0.2, 0) is 10.0 Å². The SMILES string of the molecule is Nc1cc(NCC(F)(F)CO)ccc1S(N)(=O)=O. The van der Waals surface area contributed by atoms with Crippen LogP contribution >= 0.6 is 0 Å². The Morgan fingerprint density at radius 3 is 2.44 bits per heavy atom. The van der Waals surface area contributed by atoms with Gasteiger partial charge in [-0.15, -0.1) is 0 Å². The largest absolute Gasteiger partial charge is 0.398 e. The van der Waals surface area contributed by atoms with E-state index in [0.717, 1.165) is 6.07 Å². The normalized spacial score (nSPS) is 12.4. The van der Waals surface area contributed by atoms with Crippen LogP contribution in [0.3, 0.4) is 0 Å². The fourth-order valence-electron chi connectivity index (χ4n) is 1.20. The van der Waals surface area contributed by atoms with Gasteiger partial charge in [0.25, 0.3) is 5.92 Å². The number of nitrogens with one attached hydrogen (secondary N) is 1. The van der Waals surface area contributed by atoms with Crippen molar-refractivity contribution in [1.29, 1.82) is 0 Å². The highest BCUT2D eigenvalue weighted by Crippen LogP contribution is 2.22. The summed E-state index contributed by atoms with van der Waals surface area (Å²) in [6.45, 7) is -2.08. The Bertz CT molecular complexity index is 534. The fraction of sp³-hybridized carbons (Fsp3) is 0.333. The molecule has 0 saturated carbocycles. The molecule has 9 heteroatoms. The van der Waals surface area contributed by atoms with Crippen LogP contribution in [0.1, 0.15) is 0 Å². The van der Waals surface area contributed by atoms with Crippen LogP contribution in [0.15, 0.2) is 23.1 Å². The average Bonchev–Trinajstić information content (AvgIpc) is 2.25. The number of rotatable bonds is 5. The van der Waals surface area contributed by atoms with Crippen molar-refractivity contribution in [3.05, 3.63) is 18.2 Å². The second-order valence-electron chi connectivity index (χ2n) is 3.67. The maximum absolute atomic E-state index is 12.7. The van der Waals surface area contributed by atoms with Crippen molar-refractivity contribution >= 4 is 21.4 Å². The molecule has 0 fully saturated rings. The summed E-state index contributed by atoms with van der Waals surface area (Å²) in [5, 5.41) is 15.6. The van der Waals surface area contributed by atoms with Crippen molar-refractivity contribution in [1.82, 2.24) is 0 Å². The lowest BCUT2D eigenvalue weighted by atomic mass is 10.2. The van der Waals surface area contributed by atoms with E-state index in [9.17, 15) is 17.2 Å². The molecule has 0 heterocycles. The summed E-state index contributed by atoms with van der Waals surface area (Å²) in [5.74, 6) is -3.27. The van der Waals surface area contributed by atoms with Crippen LogP contribution in [0, 0.1) is 0 Å². The molecule has 18 heavy (non-hydrogen) atoms. The fourth-order valence-corrected chi connectivity index (χ4v) is 1.85. The molecule has 6 N–H and O–H groups in total. The van der Waals surface area contributed by atoms with Gasteiger partial charge in [0.2, 0.25) is 10.0 Å². The van der Waals surface area contributed by atoms with Gasteiger partial charge in [0.1, 0.15) is 11.5 Å². The topological polar surface area (TPSA) is 118 Å². The number of nitrogen functional groups attached to an aromatic ring is 1. The van der Waals surface area contributed by atoms with E-state index >= 15 is 0 Å². The van der Waals surface area contributed by atoms with Gasteiger partial charge in [0.05, 0.1) is 12.2 Å². The average molecular weight is 281 g/mol. The van der Waals surface area contributed by atoms with Crippen molar-refractivity contribution in [2.75, 3.05) is 24.2 Å². The molecule has 0 saturated heterocycles. The van der Waals surface area contributed by atoms with Crippen LogP contribution < -0.4 is 16.2 Å². The summed E-state index contributed by atoms with van der Waals surface area (Å²) < 4.78 is 47.6. The first kappa shape index (κ1) is 14.6. The molecular formula is C9H13F2N3O3S. The third-order valence-corrected chi connectivity index (χ3v) is 3.08. The van der Waals surface area contributed by atoms with Crippen molar-refractivity contribution < 1.29 is 22.3 Å². The van der Waals surface area contributed by atoms with E-state index in [1.165, 1.54) is 12.1 Å². The second kappa shape index (κ2) is 5.04. The van der Waals surface area contributed by atoms with Gasteiger partial charge < -0.3 is 16.2 Å². The third-order valence-electron chi connectivity index (χ3n) is 2.10. The molecule has 0 amide bonds. The molecule has 6 nitrogen and oxygen atoms in total. The summed E-state index contributed by atoms with van der Waals surface area (Å²) >= 11 is 0. The zero-order valence-electron chi connectivity index (χ0n) is 9.23. The number of hydrogen-bond donors (Lipinski definition) is 4. The molecule has 1 aromatic carbocycles. The van der Waals surface area contributed by atoms with Crippen molar-refractivity contribution in [3.8, 4) is 0 Å². The molecule has 0 aliphatic carbocycles. The minimum atomic E-state index is -3.94. The van der Waals surface area contributed by atoms with Gasteiger partial charge in [-0.1, -0.05) is 0 Å². The number of halogens is 2. The van der Waals surface area contributed by atoms with Crippen LogP contribution in [0.2, 0.25) is 0 Å². The van der Waals surface area contributed by atoms with Crippen molar-refractivity contribution in [3.63, 3.8) is 0 Å². The first-order chi connectivity index (χ1) is 8.15. The van der Waals surface area contributed by atoms with Gasteiger partial charge in [-0.25, -0.2) is 22.3 Å². The van der Waals surface area contributed by atoms with Crippen molar-refractivity contribution in [2.24, 2.45) is 5.14 Å². The number of hydrogen-bond acceptors (Lipinski definition) is 5. The lowest BCUT2D eigenvalue weighted by Crippen LogP contribution is -2.31. The smallest absolute Gasteiger partial charge is 0.287 e. The Balaban J connectivity index is 2.86. The van der Waals surface area contributed by atoms with Gasteiger partial charge in [-0.2, -0.15) is 0 Å². The van der Waals surface area contributed by atoms with Crippen LogP contribution in [0.5, 0.6) is 0 Å². The standard InChI is InChI=1S/C9H13F2N3O3S/c10-9(11,5-15)4-14-6-1-2-8(7(12)3-6)18(13,16)17/h1-3,14-15H,4-5,12H2,(H2,13,16,17). The maximum atomic E-state index is 12.7. The quantitative estimate of drug-likeness (QED) is 0.564. The van der Waals surface area contributed by atoms with Gasteiger partial charge in [-0.3, -0.25) is 0 Å². The molecule has 0 aliphatic rings. The molecule has 0 radical (unpaired) electrons. The number of primary sulfonamides is 1. The summed E-state index contributed by atoms with van der Waals surface area (Å²) in [4.78, 5) is -0.276. The van der Waals surface area contributed by atoms with E-state index in [1.54, 1.807) is 0 Å². The van der Waals surface area contributed by atoms with E-state index in [1.807, 2.05) is 0 Å². The van der Waals surface area contributed by atoms with Crippen LogP contribution in [0.25, 0.3) is 0 Å². The zero-order valence-corrected chi connectivity index (χ0v) is 10.0. The van der Waals surface area contributed by atoms with Crippen LogP contribution in [0.4, 0.5) is 20.2 Å². The number of anilines is 2. The molecule has 1 rings (SSSR count). The molecule has 0 bridgehead atoms. The van der Waals surface area contributed by atoms with E-state index in [-0.39, 0.29) is 16.3 Å². The Kier molecular flexibility index (Phi) is 4.09. The molecule has 1 aromatic rings. The first-order valence-corrected chi connectivity index (χ1v) is 6.35. The van der Waals surface area contributed by atoms with Crippen molar-refractivity contribution in [2.45, 2.75) is 10.8 Å². The van der Waals surface area contributed by atoms with Gasteiger partial charge in [0, 0.05) is 5.69 Å². The molecular weight excluding hydrogens is 268 g/mol. The summed E-state index contributed by atoms with van der Waals surface area (Å²) in [5.41, 5.74) is 5.50.